The third kappa shape index (κ3) is 8.88. The fourth-order valence-electron chi connectivity index (χ4n) is 6.55. The van der Waals surface area contributed by atoms with Crippen LogP contribution >= 0.6 is 34.3 Å². The number of carbonyl (C=O) groups excluding carboxylic acids is 2. The molecular formula is C40H47ClN8O2S2. The molecule has 0 bridgehead atoms. The van der Waals surface area contributed by atoms with E-state index in [2.05, 4.69) is 49.5 Å². The number of halogens is 1. The van der Waals surface area contributed by atoms with Crippen LogP contribution in [-0.2, 0) is 4.79 Å². The van der Waals surface area contributed by atoms with Crippen molar-refractivity contribution in [2.24, 2.45) is 4.99 Å². The molecule has 0 fully saturated rings. The Labute approximate surface area is 324 Å². The predicted molar refractivity (Wildman–Crippen MR) is 218 cm³/mol. The van der Waals surface area contributed by atoms with E-state index in [0.717, 1.165) is 94.6 Å². The van der Waals surface area contributed by atoms with E-state index in [4.69, 9.17) is 16.6 Å². The van der Waals surface area contributed by atoms with E-state index in [9.17, 15) is 9.59 Å². The van der Waals surface area contributed by atoms with Crippen LogP contribution in [0, 0.1) is 41.5 Å². The van der Waals surface area contributed by atoms with Gasteiger partial charge in [-0.2, -0.15) is 0 Å². The van der Waals surface area contributed by atoms with Crippen LogP contribution in [0.3, 0.4) is 0 Å². The van der Waals surface area contributed by atoms with E-state index < -0.39 is 6.04 Å². The maximum absolute atomic E-state index is 13.3. The third-order valence-corrected chi connectivity index (χ3v) is 12.2. The van der Waals surface area contributed by atoms with Crippen molar-refractivity contribution < 1.29 is 9.59 Å². The summed E-state index contributed by atoms with van der Waals surface area (Å²) >= 11 is 9.43. The molecule has 0 unspecified atom stereocenters. The Balaban J connectivity index is 0.941. The fourth-order valence-corrected chi connectivity index (χ4v) is 8.70. The number of carbonyl (C=O) groups is 2. The van der Waals surface area contributed by atoms with Crippen LogP contribution in [-0.4, -0.2) is 50.4 Å². The summed E-state index contributed by atoms with van der Waals surface area (Å²) in [6.07, 6.45) is 6.56. The fraction of sp³-hybridized carbons (Fsp3) is 0.400. The van der Waals surface area contributed by atoms with Crippen LogP contribution in [0.15, 0.2) is 47.5 Å². The second-order valence-electron chi connectivity index (χ2n) is 13.6. The minimum Gasteiger partial charge on any atom is -0.385 e. The normalized spacial score (nSPS) is 13.6. The van der Waals surface area contributed by atoms with Crippen molar-refractivity contribution in [2.45, 2.75) is 92.5 Å². The van der Waals surface area contributed by atoms with E-state index >= 15 is 0 Å². The summed E-state index contributed by atoms with van der Waals surface area (Å²) in [7, 11) is 0. The molecule has 0 aliphatic carbocycles. The Morgan fingerprint density at radius 3 is 2.26 bits per heavy atom. The number of nitrogens with zero attached hydrogens (tertiary/aromatic N) is 5. The maximum Gasteiger partial charge on any atom is 0.257 e. The second kappa shape index (κ2) is 17.2. The largest absolute Gasteiger partial charge is 0.385 e. The number of benzene rings is 2. The molecule has 0 saturated carbocycles. The van der Waals surface area contributed by atoms with Crippen LogP contribution in [0.2, 0.25) is 5.02 Å². The average Bonchev–Trinajstić information content (AvgIpc) is 3.73. The van der Waals surface area contributed by atoms with Gasteiger partial charge in [0.15, 0.2) is 11.0 Å². The summed E-state index contributed by atoms with van der Waals surface area (Å²) in [5.74, 6) is 1.27. The number of anilines is 2. The quantitative estimate of drug-likeness (QED) is 0.0912. The molecule has 3 N–H and O–H groups in total. The molecule has 0 saturated heterocycles. The topological polar surface area (TPSA) is 126 Å². The molecular weight excluding hydrogens is 724 g/mol. The summed E-state index contributed by atoms with van der Waals surface area (Å²) in [6.45, 7) is 13.6. The van der Waals surface area contributed by atoms with Gasteiger partial charge in [-0.15, -0.1) is 32.9 Å². The minimum atomic E-state index is -0.476. The van der Waals surface area contributed by atoms with Gasteiger partial charge in [0.2, 0.25) is 5.91 Å². The van der Waals surface area contributed by atoms with Crippen molar-refractivity contribution in [3.63, 3.8) is 0 Å². The SMILES string of the molecule is Cc1nc(NC(=O)c2cccc(NCCCCCCCCNC(=O)C[C@@H]3N=C(c4ccc(Cl)cc4)c4c(sc(C)c4C)-n4c(C)nnc43)c2C)sc1C. The highest BCUT2D eigenvalue weighted by Crippen LogP contribution is 2.39. The smallest absolute Gasteiger partial charge is 0.257 e. The Morgan fingerprint density at radius 2 is 1.55 bits per heavy atom. The zero-order valence-electron chi connectivity index (χ0n) is 31.2. The second-order valence-corrected chi connectivity index (χ2v) is 16.4. The van der Waals surface area contributed by atoms with Crippen LogP contribution in [0.1, 0.15) is 111 Å². The van der Waals surface area contributed by atoms with E-state index in [0.29, 0.717) is 28.1 Å². The van der Waals surface area contributed by atoms with Crippen molar-refractivity contribution in [2.75, 3.05) is 23.7 Å². The number of hydrogen-bond donors (Lipinski definition) is 3. The zero-order valence-corrected chi connectivity index (χ0v) is 33.6. The number of aryl methyl sites for hydroxylation is 4. The molecule has 6 rings (SSSR count). The molecule has 0 radical (unpaired) electrons. The lowest BCUT2D eigenvalue weighted by atomic mass is 9.99. The van der Waals surface area contributed by atoms with Gasteiger partial charge in [-0.1, -0.05) is 55.5 Å². The van der Waals surface area contributed by atoms with Crippen LogP contribution in [0.5, 0.6) is 0 Å². The van der Waals surface area contributed by atoms with Gasteiger partial charge in [0.05, 0.1) is 17.8 Å². The first kappa shape index (κ1) is 38.3. The molecule has 4 heterocycles. The number of thiazole rings is 1. The predicted octanol–water partition coefficient (Wildman–Crippen LogP) is 9.39. The molecule has 13 heteroatoms. The molecule has 0 spiro atoms. The molecule has 53 heavy (non-hydrogen) atoms. The first-order valence-electron chi connectivity index (χ1n) is 18.2. The minimum absolute atomic E-state index is 0.0455. The maximum atomic E-state index is 13.3. The Kier molecular flexibility index (Phi) is 12.4. The van der Waals surface area contributed by atoms with Crippen molar-refractivity contribution in [1.29, 1.82) is 0 Å². The van der Waals surface area contributed by atoms with Crippen LogP contribution < -0.4 is 16.0 Å². The standard InChI is InChI=1S/C40H47ClN8O2S2/c1-23-26(4)52-39-35(23)36(29-16-18-30(41)19-17-29)45-33(37-48-47-28(6)49(37)39)22-34(50)43-21-12-10-8-7-9-11-20-42-32-15-13-14-31(24(32)2)38(51)46-40-44-25(3)27(5)53-40/h13-19,33,42H,7-12,20-22H2,1-6H3,(H,43,50)(H,44,46,51)/t33-/m0/s1. The van der Waals surface area contributed by atoms with Crippen molar-refractivity contribution in [3.8, 4) is 5.00 Å². The molecule has 2 aromatic carbocycles. The molecule has 3 aromatic heterocycles. The zero-order chi connectivity index (χ0) is 37.6. The Morgan fingerprint density at radius 1 is 0.830 bits per heavy atom. The molecule has 10 nitrogen and oxygen atoms in total. The number of aliphatic imine (C=N–C) groups is 1. The lowest BCUT2D eigenvalue weighted by Gasteiger charge is -2.13. The van der Waals surface area contributed by atoms with Gasteiger partial charge in [-0.05, 0) is 89.8 Å². The van der Waals surface area contributed by atoms with Crippen molar-refractivity contribution >= 4 is 62.6 Å². The number of amides is 2. The van der Waals surface area contributed by atoms with Crippen LogP contribution in [0.4, 0.5) is 10.8 Å². The first-order chi connectivity index (χ1) is 25.5. The Bertz CT molecular complexity index is 2110. The summed E-state index contributed by atoms with van der Waals surface area (Å²) in [5.41, 5.74) is 7.53. The average molecular weight is 771 g/mol. The number of fused-ring (bicyclic) bond motifs is 3. The summed E-state index contributed by atoms with van der Waals surface area (Å²) < 4.78 is 2.07. The van der Waals surface area contributed by atoms with E-state index in [-0.39, 0.29) is 18.2 Å². The monoisotopic (exact) mass is 770 g/mol. The molecule has 278 valence electrons. The number of hydrogen-bond acceptors (Lipinski definition) is 9. The highest BCUT2D eigenvalue weighted by atomic mass is 35.5. The summed E-state index contributed by atoms with van der Waals surface area (Å²) in [5, 5.41) is 20.8. The van der Waals surface area contributed by atoms with E-state index in [1.165, 1.54) is 21.8 Å². The van der Waals surface area contributed by atoms with E-state index in [1.807, 2.05) is 70.2 Å². The van der Waals surface area contributed by atoms with Gasteiger partial charge in [-0.25, -0.2) is 4.98 Å². The highest BCUT2D eigenvalue weighted by Gasteiger charge is 2.32. The molecule has 1 atom stereocenters. The number of nitrogens with one attached hydrogen (secondary N) is 3. The lowest BCUT2D eigenvalue weighted by molar-refractivity contribution is -0.121. The third-order valence-electron chi connectivity index (χ3n) is 9.80. The van der Waals surface area contributed by atoms with Crippen molar-refractivity contribution in [3.05, 3.63) is 102 Å². The van der Waals surface area contributed by atoms with Gasteiger partial charge in [0.1, 0.15) is 16.9 Å². The van der Waals surface area contributed by atoms with Crippen LogP contribution in [0.25, 0.3) is 5.00 Å². The molecule has 2 amide bonds. The van der Waals surface area contributed by atoms with Gasteiger partial charge in [0.25, 0.3) is 5.91 Å². The lowest BCUT2D eigenvalue weighted by Crippen LogP contribution is -2.26. The highest BCUT2D eigenvalue weighted by molar-refractivity contribution is 7.16. The molecule has 5 aromatic rings. The summed E-state index contributed by atoms with van der Waals surface area (Å²) in [4.78, 5) is 38.2. The first-order valence-corrected chi connectivity index (χ1v) is 20.2. The number of thiophene rings is 1. The van der Waals surface area contributed by atoms with Gasteiger partial charge >= 0.3 is 0 Å². The number of aromatic nitrogens is 4. The van der Waals surface area contributed by atoms with Crippen molar-refractivity contribution in [1.82, 2.24) is 25.1 Å². The Hall–Kier alpha value is -4.39. The van der Waals surface area contributed by atoms with Gasteiger partial charge in [0, 0.05) is 50.2 Å². The number of unbranched alkanes of at least 4 members (excludes halogenated alkanes) is 5. The molecule has 1 aliphatic heterocycles. The van der Waals surface area contributed by atoms with Gasteiger partial charge in [-0.3, -0.25) is 24.5 Å². The molecule has 1 aliphatic rings. The summed E-state index contributed by atoms with van der Waals surface area (Å²) in [6, 6.07) is 13.0. The number of rotatable bonds is 15. The van der Waals surface area contributed by atoms with E-state index in [1.54, 1.807) is 11.3 Å². The van der Waals surface area contributed by atoms with Gasteiger partial charge < -0.3 is 10.6 Å².